The second-order valence-electron chi connectivity index (χ2n) is 4.02. The van der Waals surface area contributed by atoms with Crippen molar-refractivity contribution in [1.29, 1.82) is 0 Å². The van der Waals surface area contributed by atoms with E-state index in [1.54, 1.807) is 11.4 Å². The first kappa shape index (κ1) is 15.5. The van der Waals surface area contributed by atoms with Gasteiger partial charge in [0.25, 0.3) is 0 Å². The van der Waals surface area contributed by atoms with E-state index in [1.165, 1.54) is 30.3 Å². The maximum atomic E-state index is 12.1. The lowest BCUT2D eigenvalue weighted by Crippen LogP contribution is -2.17. The molecule has 8 heteroatoms. The molecule has 0 fully saturated rings. The zero-order valence-electron chi connectivity index (χ0n) is 10.2. The molecule has 0 bridgehead atoms. The number of sulfone groups is 2. The molecule has 0 radical (unpaired) electrons. The lowest BCUT2D eigenvalue weighted by atomic mass is 10.4. The second-order valence-corrected chi connectivity index (χ2v) is 9.85. The maximum Gasteiger partial charge on any atom is 0.188 e. The minimum absolute atomic E-state index is 0.0725. The maximum absolute atomic E-state index is 12.1. The Morgan fingerprint density at radius 1 is 0.900 bits per heavy atom. The molecule has 0 unspecified atom stereocenters. The fourth-order valence-corrected chi connectivity index (χ4v) is 6.13. The lowest BCUT2D eigenvalue weighted by Gasteiger charge is -2.05. The van der Waals surface area contributed by atoms with Gasteiger partial charge in [-0.1, -0.05) is 17.7 Å². The summed E-state index contributed by atoms with van der Waals surface area (Å²) in [7, 11) is -7.19. The van der Waals surface area contributed by atoms with E-state index in [1.807, 2.05) is 0 Å². The monoisotopic (exact) mass is 350 g/mol. The molecule has 2 aromatic rings. The Bertz CT molecular complexity index is 776. The zero-order valence-corrected chi connectivity index (χ0v) is 13.4. The van der Waals surface area contributed by atoms with E-state index in [0.717, 1.165) is 11.3 Å². The van der Waals surface area contributed by atoms with E-state index >= 15 is 0 Å². The van der Waals surface area contributed by atoms with Crippen molar-refractivity contribution in [3.8, 4) is 0 Å². The van der Waals surface area contributed by atoms with Crippen LogP contribution >= 0.6 is 22.9 Å². The Balaban J connectivity index is 2.16. The van der Waals surface area contributed by atoms with Crippen molar-refractivity contribution in [1.82, 2.24) is 0 Å². The molecule has 0 spiro atoms. The van der Waals surface area contributed by atoms with Gasteiger partial charge in [-0.15, -0.1) is 11.3 Å². The van der Waals surface area contributed by atoms with E-state index in [2.05, 4.69) is 0 Å². The highest BCUT2D eigenvalue weighted by molar-refractivity contribution is 7.96. The largest absolute Gasteiger partial charge is 0.224 e. The third-order valence-corrected chi connectivity index (χ3v) is 8.04. The second kappa shape index (κ2) is 5.85. The van der Waals surface area contributed by atoms with Gasteiger partial charge in [-0.3, -0.25) is 0 Å². The molecule has 0 aliphatic rings. The van der Waals surface area contributed by atoms with Crippen LogP contribution in [0.15, 0.2) is 50.9 Å². The first-order chi connectivity index (χ1) is 9.31. The van der Waals surface area contributed by atoms with Crippen molar-refractivity contribution in [3.63, 3.8) is 0 Å². The van der Waals surface area contributed by atoms with E-state index in [-0.39, 0.29) is 9.10 Å². The van der Waals surface area contributed by atoms with Crippen molar-refractivity contribution in [2.24, 2.45) is 0 Å². The standard InChI is InChI=1S/C12H11ClO4S3/c13-10-3-5-11(6-4-10)19(14,15)8-9-20(16,17)12-2-1-7-18-12/h1-7H,8-9H2. The highest BCUT2D eigenvalue weighted by Gasteiger charge is 2.22. The molecule has 0 N–H and O–H groups in total. The Labute approximate surface area is 126 Å². The van der Waals surface area contributed by atoms with Crippen LogP contribution in [0.2, 0.25) is 5.02 Å². The topological polar surface area (TPSA) is 68.3 Å². The molecular formula is C12H11ClO4S3. The summed E-state index contributed by atoms with van der Waals surface area (Å²) in [4.78, 5) is 0.0725. The quantitative estimate of drug-likeness (QED) is 0.831. The van der Waals surface area contributed by atoms with Gasteiger partial charge in [0.15, 0.2) is 19.7 Å². The number of rotatable bonds is 5. The lowest BCUT2D eigenvalue weighted by molar-refractivity contribution is 0.588. The van der Waals surface area contributed by atoms with Crippen LogP contribution in [0.25, 0.3) is 0 Å². The van der Waals surface area contributed by atoms with Crippen molar-refractivity contribution in [3.05, 3.63) is 46.8 Å². The van der Waals surface area contributed by atoms with Gasteiger partial charge in [0.1, 0.15) is 4.21 Å². The third kappa shape index (κ3) is 3.60. The average molecular weight is 351 g/mol. The summed E-state index contributed by atoms with van der Waals surface area (Å²) >= 11 is 6.77. The van der Waals surface area contributed by atoms with Gasteiger partial charge in [0.2, 0.25) is 0 Å². The fourth-order valence-electron chi connectivity index (χ4n) is 1.52. The van der Waals surface area contributed by atoms with E-state index in [4.69, 9.17) is 11.6 Å². The van der Waals surface area contributed by atoms with Crippen molar-refractivity contribution in [2.75, 3.05) is 11.5 Å². The Morgan fingerprint density at radius 3 is 2.05 bits per heavy atom. The van der Waals surface area contributed by atoms with Crippen molar-refractivity contribution in [2.45, 2.75) is 9.10 Å². The smallest absolute Gasteiger partial charge is 0.188 e. The molecule has 0 saturated carbocycles. The molecule has 1 heterocycles. The van der Waals surface area contributed by atoms with Crippen LogP contribution in [0.5, 0.6) is 0 Å². The summed E-state index contributed by atoms with van der Waals surface area (Å²) in [5.41, 5.74) is 0. The predicted molar refractivity (Wildman–Crippen MR) is 79.9 cm³/mol. The van der Waals surface area contributed by atoms with Gasteiger partial charge < -0.3 is 0 Å². The Morgan fingerprint density at radius 2 is 1.50 bits per heavy atom. The van der Waals surface area contributed by atoms with E-state index in [0.29, 0.717) is 5.02 Å². The normalized spacial score (nSPS) is 12.4. The predicted octanol–water partition coefficient (Wildman–Crippen LogP) is 2.65. The molecule has 0 aliphatic carbocycles. The van der Waals surface area contributed by atoms with Crippen LogP contribution in [-0.4, -0.2) is 28.3 Å². The molecule has 4 nitrogen and oxygen atoms in total. The van der Waals surface area contributed by atoms with Crippen LogP contribution in [0.1, 0.15) is 0 Å². The number of benzene rings is 1. The van der Waals surface area contributed by atoms with Gasteiger partial charge in [0, 0.05) is 5.02 Å². The van der Waals surface area contributed by atoms with E-state index in [9.17, 15) is 16.8 Å². The van der Waals surface area contributed by atoms with E-state index < -0.39 is 31.2 Å². The molecule has 1 aromatic heterocycles. The minimum Gasteiger partial charge on any atom is -0.224 e. The van der Waals surface area contributed by atoms with Crippen molar-refractivity contribution < 1.29 is 16.8 Å². The average Bonchev–Trinajstić information content (AvgIpc) is 2.92. The number of thiophene rings is 1. The highest BCUT2D eigenvalue weighted by atomic mass is 35.5. The highest BCUT2D eigenvalue weighted by Crippen LogP contribution is 2.20. The summed E-state index contributed by atoms with van der Waals surface area (Å²) < 4.78 is 48.2. The number of halogens is 1. The third-order valence-electron chi connectivity index (χ3n) is 2.60. The van der Waals surface area contributed by atoms with Crippen LogP contribution in [0.4, 0.5) is 0 Å². The van der Waals surface area contributed by atoms with Crippen LogP contribution in [-0.2, 0) is 19.7 Å². The molecule has 0 atom stereocenters. The minimum atomic E-state index is -3.63. The first-order valence-corrected chi connectivity index (χ1v) is 10.1. The van der Waals surface area contributed by atoms with Crippen LogP contribution in [0, 0.1) is 0 Å². The molecular weight excluding hydrogens is 340 g/mol. The molecule has 0 amide bonds. The Kier molecular flexibility index (Phi) is 4.53. The summed E-state index contributed by atoms with van der Waals surface area (Å²) in [6.07, 6.45) is 0. The van der Waals surface area contributed by atoms with Gasteiger partial charge in [0.05, 0.1) is 16.4 Å². The molecule has 2 rings (SSSR count). The van der Waals surface area contributed by atoms with Gasteiger partial charge in [-0.2, -0.15) is 0 Å². The molecule has 20 heavy (non-hydrogen) atoms. The number of hydrogen-bond donors (Lipinski definition) is 0. The van der Waals surface area contributed by atoms with Gasteiger partial charge in [-0.25, -0.2) is 16.8 Å². The molecule has 1 aromatic carbocycles. The Hall–Kier alpha value is -0.890. The summed E-state index contributed by atoms with van der Waals surface area (Å²) in [6.45, 7) is 0. The summed E-state index contributed by atoms with van der Waals surface area (Å²) in [6, 6.07) is 8.75. The van der Waals surface area contributed by atoms with Crippen molar-refractivity contribution >= 4 is 42.6 Å². The van der Waals surface area contributed by atoms with Crippen LogP contribution in [0.3, 0.4) is 0 Å². The summed E-state index contributed by atoms with van der Waals surface area (Å²) in [5, 5.41) is 2.07. The summed E-state index contributed by atoms with van der Waals surface area (Å²) in [5.74, 6) is -0.882. The number of hydrogen-bond acceptors (Lipinski definition) is 5. The first-order valence-electron chi connectivity index (χ1n) is 5.56. The van der Waals surface area contributed by atoms with Gasteiger partial charge >= 0.3 is 0 Å². The SMILES string of the molecule is O=S(=O)(CCS(=O)(=O)c1cccs1)c1ccc(Cl)cc1. The zero-order chi connectivity index (χ0) is 14.8. The van der Waals surface area contributed by atoms with Gasteiger partial charge in [-0.05, 0) is 35.7 Å². The fraction of sp³-hybridized carbons (Fsp3) is 0.167. The van der Waals surface area contributed by atoms with Crippen LogP contribution < -0.4 is 0 Å². The molecule has 0 aliphatic heterocycles. The molecule has 108 valence electrons. The molecule has 0 saturated heterocycles.